The second-order valence-corrected chi connectivity index (χ2v) is 4.40. The van der Waals surface area contributed by atoms with Crippen molar-refractivity contribution in [2.24, 2.45) is 0 Å². The number of rotatable bonds is 2. The van der Waals surface area contributed by atoms with Crippen molar-refractivity contribution in [3.63, 3.8) is 0 Å². The maximum atomic E-state index is 5.94. The van der Waals surface area contributed by atoms with Crippen LogP contribution >= 0.6 is 11.8 Å². The lowest BCUT2D eigenvalue weighted by atomic mass is 9.99. The van der Waals surface area contributed by atoms with Gasteiger partial charge in [0.25, 0.3) is 0 Å². The topological polar surface area (TPSA) is 63.8 Å². The molecule has 1 aromatic rings. The normalized spacial score (nSPS) is 20.0. The van der Waals surface area contributed by atoms with Crippen LogP contribution in [0.25, 0.3) is 0 Å². The fourth-order valence-electron chi connectivity index (χ4n) is 1.94. The van der Waals surface area contributed by atoms with Gasteiger partial charge in [0.05, 0.1) is 5.69 Å². The van der Waals surface area contributed by atoms with Gasteiger partial charge in [-0.3, -0.25) is 0 Å². The van der Waals surface area contributed by atoms with Gasteiger partial charge in [-0.15, -0.1) is 0 Å². The maximum Gasteiger partial charge on any atom is 0.189 e. The summed E-state index contributed by atoms with van der Waals surface area (Å²) < 4.78 is 0. The number of nitrogen functional groups attached to an aromatic ring is 1. The molecule has 0 fully saturated rings. The maximum absolute atomic E-state index is 5.94. The van der Waals surface area contributed by atoms with Gasteiger partial charge in [-0.1, -0.05) is 18.7 Å². The van der Waals surface area contributed by atoms with E-state index in [-0.39, 0.29) is 0 Å². The standard InChI is InChI=1S/C10H16N4S/c1-3-7-8-6(4-5-12-7)9(11)14-10(13-8)15-2/h7,12H,3-5H2,1-2H3,(H2,11,13,14). The Hall–Kier alpha value is -0.810. The van der Waals surface area contributed by atoms with E-state index < -0.39 is 0 Å². The van der Waals surface area contributed by atoms with Gasteiger partial charge in [0.2, 0.25) is 0 Å². The van der Waals surface area contributed by atoms with Crippen molar-refractivity contribution in [2.75, 3.05) is 18.5 Å². The van der Waals surface area contributed by atoms with E-state index in [0.717, 1.165) is 35.8 Å². The molecule has 1 unspecified atom stereocenters. The summed E-state index contributed by atoms with van der Waals surface area (Å²) in [6.07, 6.45) is 3.95. The Bertz CT molecular complexity index is 367. The predicted octanol–water partition coefficient (Wildman–Crippen LogP) is 1.38. The lowest BCUT2D eigenvalue weighted by molar-refractivity contribution is 0.473. The van der Waals surface area contributed by atoms with Gasteiger partial charge < -0.3 is 11.1 Å². The monoisotopic (exact) mass is 224 g/mol. The van der Waals surface area contributed by atoms with Crippen molar-refractivity contribution in [3.8, 4) is 0 Å². The second-order valence-electron chi connectivity index (χ2n) is 3.62. The largest absolute Gasteiger partial charge is 0.383 e. The van der Waals surface area contributed by atoms with Crippen LogP contribution in [0.1, 0.15) is 30.6 Å². The fourth-order valence-corrected chi connectivity index (χ4v) is 2.32. The average Bonchev–Trinajstić information content (AvgIpc) is 2.28. The molecule has 0 aromatic carbocycles. The van der Waals surface area contributed by atoms with Crippen LogP contribution in [-0.2, 0) is 6.42 Å². The van der Waals surface area contributed by atoms with Crippen molar-refractivity contribution in [2.45, 2.75) is 31.0 Å². The lowest BCUT2D eigenvalue weighted by Crippen LogP contribution is -2.31. The molecule has 82 valence electrons. The Morgan fingerprint density at radius 3 is 3.00 bits per heavy atom. The molecule has 1 aromatic heterocycles. The SMILES string of the molecule is CCC1NCCc2c(N)nc(SC)nc21. The molecule has 1 atom stereocenters. The first-order valence-corrected chi connectivity index (χ1v) is 6.42. The number of nitrogens with zero attached hydrogens (tertiary/aromatic N) is 2. The highest BCUT2D eigenvalue weighted by Crippen LogP contribution is 2.28. The summed E-state index contributed by atoms with van der Waals surface area (Å²) in [6, 6.07) is 0.338. The van der Waals surface area contributed by atoms with Gasteiger partial charge in [-0.05, 0) is 19.1 Å². The number of thioether (sulfide) groups is 1. The first kappa shape index (κ1) is 10.7. The van der Waals surface area contributed by atoms with E-state index in [1.807, 2.05) is 6.26 Å². The summed E-state index contributed by atoms with van der Waals surface area (Å²) in [7, 11) is 0. The molecule has 4 nitrogen and oxygen atoms in total. The zero-order valence-electron chi connectivity index (χ0n) is 9.08. The third-order valence-corrected chi connectivity index (χ3v) is 3.28. The van der Waals surface area contributed by atoms with Gasteiger partial charge in [0, 0.05) is 18.2 Å². The van der Waals surface area contributed by atoms with Crippen LogP contribution in [0.5, 0.6) is 0 Å². The summed E-state index contributed by atoms with van der Waals surface area (Å²) in [5, 5.41) is 4.22. The molecule has 2 heterocycles. The minimum Gasteiger partial charge on any atom is -0.383 e. The smallest absolute Gasteiger partial charge is 0.189 e. The number of hydrogen-bond donors (Lipinski definition) is 2. The summed E-state index contributed by atoms with van der Waals surface area (Å²) >= 11 is 1.54. The predicted molar refractivity (Wildman–Crippen MR) is 63.0 cm³/mol. The molecule has 15 heavy (non-hydrogen) atoms. The quantitative estimate of drug-likeness (QED) is 0.587. The number of aromatic nitrogens is 2. The van der Waals surface area contributed by atoms with Crippen LogP contribution in [-0.4, -0.2) is 22.8 Å². The van der Waals surface area contributed by atoms with E-state index in [1.54, 1.807) is 0 Å². The summed E-state index contributed by atoms with van der Waals surface area (Å²) in [5.74, 6) is 0.657. The van der Waals surface area contributed by atoms with E-state index in [4.69, 9.17) is 5.73 Å². The molecule has 5 heteroatoms. The van der Waals surface area contributed by atoms with Gasteiger partial charge >= 0.3 is 0 Å². The molecule has 0 aliphatic carbocycles. The lowest BCUT2D eigenvalue weighted by Gasteiger charge is -2.25. The molecule has 1 aliphatic heterocycles. The first-order valence-electron chi connectivity index (χ1n) is 5.20. The number of fused-ring (bicyclic) bond motifs is 1. The van der Waals surface area contributed by atoms with Crippen LogP contribution in [0.3, 0.4) is 0 Å². The van der Waals surface area contributed by atoms with Crippen molar-refractivity contribution in [3.05, 3.63) is 11.3 Å². The van der Waals surface area contributed by atoms with Gasteiger partial charge in [-0.2, -0.15) is 0 Å². The number of hydrogen-bond acceptors (Lipinski definition) is 5. The van der Waals surface area contributed by atoms with Gasteiger partial charge in [0.1, 0.15) is 5.82 Å². The van der Waals surface area contributed by atoms with E-state index in [1.165, 1.54) is 11.8 Å². The van der Waals surface area contributed by atoms with Crippen LogP contribution in [0.4, 0.5) is 5.82 Å². The van der Waals surface area contributed by atoms with Crippen molar-refractivity contribution in [1.29, 1.82) is 0 Å². The molecule has 0 saturated heterocycles. The number of anilines is 1. The third-order valence-electron chi connectivity index (χ3n) is 2.74. The Balaban J connectivity index is 2.48. The third kappa shape index (κ3) is 1.94. The molecule has 0 spiro atoms. The summed E-state index contributed by atoms with van der Waals surface area (Å²) in [6.45, 7) is 3.13. The van der Waals surface area contributed by atoms with E-state index >= 15 is 0 Å². The van der Waals surface area contributed by atoms with E-state index in [2.05, 4.69) is 22.2 Å². The summed E-state index contributed by atoms with van der Waals surface area (Å²) in [5.41, 5.74) is 8.18. The van der Waals surface area contributed by atoms with Gasteiger partial charge in [0.15, 0.2) is 5.16 Å². The molecule has 0 bridgehead atoms. The molecular weight excluding hydrogens is 208 g/mol. The highest BCUT2D eigenvalue weighted by atomic mass is 32.2. The molecule has 0 radical (unpaired) electrons. The second kappa shape index (κ2) is 4.37. The Kier molecular flexibility index (Phi) is 3.11. The molecule has 1 aliphatic rings. The Morgan fingerprint density at radius 2 is 2.33 bits per heavy atom. The minimum absolute atomic E-state index is 0.338. The van der Waals surface area contributed by atoms with Gasteiger partial charge in [-0.25, -0.2) is 9.97 Å². The Labute approximate surface area is 94.1 Å². The van der Waals surface area contributed by atoms with E-state index in [9.17, 15) is 0 Å². The average molecular weight is 224 g/mol. The van der Waals surface area contributed by atoms with Crippen LogP contribution < -0.4 is 11.1 Å². The molecule has 2 rings (SSSR count). The highest BCUT2D eigenvalue weighted by molar-refractivity contribution is 7.98. The zero-order valence-corrected chi connectivity index (χ0v) is 9.90. The minimum atomic E-state index is 0.338. The molecule has 3 N–H and O–H groups in total. The molecular formula is C10H16N4S. The summed E-state index contributed by atoms with van der Waals surface area (Å²) in [4.78, 5) is 8.83. The zero-order chi connectivity index (χ0) is 10.8. The number of nitrogens with two attached hydrogens (primary N) is 1. The van der Waals surface area contributed by atoms with Crippen molar-refractivity contribution >= 4 is 17.6 Å². The first-order chi connectivity index (χ1) is 7.26. The molecule has 0 saturated carbocycles. The van der Waals surface area contributed by atoms with Crippen LogP contribution in [0.15, 0.2) is 5.16 Å². The Morgan fingerprint density at radius 1 is 1.53 bits per heavy atom. The van der Waals surface area contributed by atoms with Crippen molar-refractivity contribution < 1.29 is 0 Å². The molecule has 0 amide bonds. The fraction of sp³-hybridized carbons (Fsp3) is 0.600. The van der Waals surface area contributed by atoms with E-state index in [0.29, 0.717) is 11.9 Å². The van der Waals surface area contributed by atoms with Crippen LogP contribution in [0, 0.1) is 0 Å². The highest BCUT2D eigenvalue weighted by Gasteiger charge is 2.22. The number of nitrogens with one attached hydrogen (secondary N) is 1. The van der Waals surface area contributed by atoms with Crippen molar-refractivity contribution in [1.82, 2.24) is 15.3 Å². The van der Waals surface area contributed by atoms with Crippen LogP contribution in [0.2, 0.25) is 0 Å².